The minimum atomic E-state index is -2.48. The Bertz CT molecular complexity index is 416. The van der Waals surface area contributed by atoms with Crippen molar-refractivity contribution in [3.8, 4) is 6.07 Å². The molecule has 13 heavy (non-hydrogen) atoms. The Kier molecular flexibility index (Phi) is 3.23. The van der Waals surface area contributed by atoms with E-state index < -0.39 is 10.7 Å². The SMILES string of the molecule is N#Cc1ccc(/C=C/[SH](=O)=O)cc1. The quantitative estimate of drug-likeness (QED) is 0.716. The first-order valence-corrected chi connectivity index (χ1v) is 4.79. The van der Waals surface area contributed by atoms with Crippen molar-refractivity contribution in [3.63, 3.8) is 0 Å². The molecule has 0 aliphatic rings. The van der Waals surface area contributed by atoms with Gasteiger partial charge in [-0.25, -0.2) is 8.42 Å². The van der Waals surface area contributed by atoms with Crippen molar-refractivity contribution in [3.05, 3.63) is 40.8 Å². The topological polar surface area (TPSA) is 57.9 Å². The molecular weight excluding hydrogens is 186 g/mol. The maximum atomic E-state index is 10.2. The molecule has 0 atom stereocenters. The van der Waals surface area contributed by atoms with Crippen LogP contribution in [0.15, 0.2) is 29.7 Å². The molecule has 0 saturated carbocycles. The fourth-order valence-corrected chi connectivity index (χ4v) is 1.11. The van der Waals surface area contributed by atoms with Crippen LogP contribution >= 0.6 is 0 Å². The zero-order chi connectivity index (χ0) is 9.68. The van der Waals surface area contributed by atoms with Crippen LogP contribution < -0.4 is 0 Å². The van der Waals surface area contributed by atoms with Gasteiger partial charge in [0.05, 0.1) is 11.6 Å². The molecule has 0 saturated heterocycles. The van der Waals surface area contributed by atoms with E-state index in [1.54, 1.807) is 24.3 Å². The normalized spacial score (nSPS) is 10.5. The van der Waals surface area contributed by atoms with Crippen molar-refractivity contribution in [2.45, 2.75) is 0 Å². The Hall–Kier alpha value is -1.60. The number of hydrogen-bond donors (Lipinski definition) is 1. The van der Waals surface area contributed by atoms with Gasteiger partial charge in [-0.15, -0.1) is 0 Å². The molecule has 0 aliphatic carbocycles. The molecule has 0 spiro atoms. The molecule has 0 fully saturated rings. The van der Waals surface area contributed by atoms with Crippen molar-refractivity contribution in [2.24, 2.45) is 0 Å². The smallest absolute Gasteiger partial charge is 0.161 e. The molecule has 0 N–H and O–H groups in total. The first kappa shape index (κ1) is 9.49. The summed E-state index contributed by atoms with van der Waals surface area (Å²) >= 11 is 0. The van der Waals surface area contributed by atoms with Crippen LogP contribution in [0.25, 0.3) is 6.08 Å². The molecule has 0 aromatic heterocycles. The van der Waals surface area contributed by atoms with Crippen molar-refractivity contribution in [2.75, 3.05) is 0 Å². The Labute approximate surface area is 77.9 Å². The van der Waals surface area contributed by atoms with Crippen LogP contribution in [0.5, 0.6) is 0 Å². The fraction of sp³-hybridized carbons (Fsp3) is 0. The summed E-state index contributed by atoms with van der Waals surface area (Å²) < 4.78 is 20.4. The highest BCUT2D eigenvalue weighted by Gasteiger charge is 1.88. The first-order valence-electron chi connectivity index (χ1n) is 3.54. The van der Waals surface area contributed by atoms with Gasteiger partial charge in [-0.1, -0.05) is 12.1 Å². The fourth-order valence-electron chi connectivity index (χ4n) is 0.816. The lowest BCUT2D eigenvalue weighted by molar-refractivity contribution is 0.622. The third kappa shape index (κ3) is 3.09. The summed E-state index contributed by atoms with van der Waals surface area (Å²) in [6.45, 7) is 0. The van der Waals surface area contributed by atoms with Crippen molar-refractivity contribution in [1.82, 2.24) is 0 Å². The lowest BCUT2D eigenvalue weighted by Crippen LogP contribution is -1.75. The first-order chi connectivity index (χ1) is 6.22. The van der Waals surface area contributed by atoms with E-state index in [1.165, 1.54) is 6.08 Å². The summed E-state index contributed by atoms with van der Waals surface area (Å²) in [7, 11) is -2.48. The Balaban J connectivity index is 2.88. The summed E-state index contributed by atoms with van der Waals surface area (Å²) in [6, 6.07) is 8.63. The van der Waals surface area contributed by atoms with Crippen molar-refractivity contribution < 1.29 is 8.42 Å². The second kappa shape index (κ2) is 4.43. The van der Waals surface area contributed by atoms with Gasteiger partial charge in [0.25, 0.3) is 0 Å². The molecule has 1 aromatic carbocycles. The van der Waals surface area contributed by atoms with Crippen molar-refractivity contribution >= 4 is 16.8 Å². The van der Waals surface area contributed by atoms with Gasteiger partial charge in [-0.3, -0.25) is 0 Å². The van der Waals surface area contributed by atoms with Crippen LogP contribution in [-0.4, -0.2) is 8.42 Å². The van der Waals surface area contributed by atoms with Gasteiger partial charge in [0.15, 0.2) is 10.7 Å². The Morgan fingerprint density at radius 1 is 1.23 bits per heavy atom. The highest BCUT2D eigenvalue weighted by molar-refractivity contribution is 7.75. The molecule has 1 aromatic rings. The molecule has 0 heterocycles. The molecule has 0 amide bonds. The van der Waals surface area contributed by atoms with E-state index in [0.717, 1.165) is 11.0 Å². The van der Waals surface area contributed by atoms with Crippen molar-refractivity contribution in [1.29, 1.82) is 5.26 Å². The predicted octanol–water partition coefficient (Wildman–Crippen LogP) is 1.14. The second-order valence-corrected chi connectivity index (χ2v) is 3.20. The molecule has 0 aliphatic heterocycles. The van der Waals surface area contributed by atoms with Crippen LogP contribution in [0.4, 0.5) is 0 Å². The summed E-state index contributed by atoms with van der Waals surface area (Å²) in [4.78, 5) is 0. The predicted molar refractivity (Wildman–Crippen MR) is 50.5 cm³/mol. The van der Waals surface area contributed by atoms with E-state index in [-0.39, 0.29) is 0 Å². The van der Waals surface area contributed by atoms with Crippen LogP contribution in [-0.2, 0) is 10.7 Å². The molecule has 66 valence electrons. The van der Waals surface area contributed by atoms with Gasteiger partial charge in [-0.2, -0.15) is 5.26 Å². The van der Waals surface area contributed by atoms with E-state index in [1.807, 2.05) is 6.07 Å². The number of hydrogen-bond acceptors (Lipinski definition) is 3. The maximum Gasteiger partial charge on any atom is 0.161 e. The number of nitriles is 1. The second-order valence-electron chi connectivity index (χ2n) is 2.33. The van der Waals surface area contributed by atoms with E-state index >= 15 is 0 Å². The summed E-state index contributed by atoms with van der Waals surface area (Å²) in [5, 5.41) is 9.58. The molecule has 4 heteroatoms. The highest BCUT2D eigenvalue weighted by Crippen LogP contribution is 2.04. The van der Waals surface area contributed by atoms with Crippen LogP contribution in [0.2, 0.25) is 0 Å². The zero-order valence-electron chi connectivity index (χ0n) is 6.68. The Morgan fingerprint density at radius 2 is 1.85 bits per heavy atom. The third-order valence-corrected chi connectivity index (χ3v) is 1.82. The summed E-state index contributed by atoms with van der Waals surface area (Å²) in [5.41, 5.74) is 1.32. The molecule has 3 nitrogen and oxygen atoms in total. The molecule has 0 radical (unpaired) electrons. The molecule has 0 bridgehead atoms. The minimum absolute atomic E-state index is 0.559. The Morgan fingerprint density at radius 3 is 2.31 bits per heavy atom. The number of rotatable bonds is 2. The minimum Gasteiger partial charge on any atom is -0.227 e. The van der Waals surface area contributed by atoms with E-state index in [0.29, 0.717) is 5.56 Å². The van der Waals surface area contributed by atoms with Gasteiger partial charge >= 0.3 is 0 Å². The lowest BCUT2D eigenvalue weighted by Gasteiger charge is -1.90. The molecule has 0 unspecified atom stereocenters. The van der Waals surface area contributed by atoms with Crippen LogP contribution in [0.1, 0.15) is 11.1 Å². The van der Waals surface area contributed by atoms with Gasteiger partial charge in [-0.05, 0) is 23.8 Å². The van der Waals surface area contributed by atoms with Crippen LogP contribution in [0.3, 0.4) is 0 Å². The van der Waals surface area contributed by atoms with Crippen LogP contribution in [0, 0.1) is 11.3 Å². The lowest BCUT2D eigenvalue weighted by atomic mass is 10.1. The average Bonchev–Trinajstić information content (AvgIpc) is 2.15. The third-order valence-electron chi connectivity index (χ3n) is 1.43. The number of thiol groups is 1. The average molecular weight is 193 g/mol. The summed E-state index contributed by atoms with van der Waals surface area (Å²) in [6.07, 6.45) is 1.48. The van der Waals surface area contributed by atoms with Gasteiger partial charge < -0.3 is 0 Å². The zero-order valence-corrected chi connectivity index (χ0v) is 7.57. The molecule has 1 rings (SSSR count). The monoisotopic (exact) mass is 193 g/mol. The van der Waals surface area contributed by atoms with Gasteiger partial charge in [0.1, 0.15) is 0 Å². The van der Waals surface area contributed by atoms with E-state index in [4.69, 9.17) is 5.26 Å². The molecular formula is C9H7NO2S. The highest BCUT2D eigenvalue weighted by atomic mass is 32.2. The van der Waals surface area contributed by atoms with Gasteiger partial charge in [0.2, 0.25) is 0 Å². The van der Waals surface area contributed by atoms with E-state index in [2.05, 4.69) is 0 Å². The maximum absolute atomic E-state index is 10.2. The van der Waals surface area contributed by atoms with E-state index in [9.17, 15) is 8.42 Å². The van der Waals surface area contributed by atoms with Gasteiger partial charge in [0, 0.05) is 5.41 Å². The largest absolute Gasteiger partial charge is 0.227 e. The summed E-state index contributed by atoms with van der Waals surface area (Å²) in [5.74, 6) is 0. The number of nitrogens with zero attached hydrogens (tertiary/aromatic N) is 1. The standard InChI is InChI=1S/C9H7NO2S/c10-7-9-3-1-8(2-4-9)5-6-13(11)12/h1-6,13H/b6-5+. The number of benzene rings is 1.